The van der Waals surface area contributed by atoms with E-state index in [1.54, 1.807) is 0 Å². The van der Waals surface area contributed by atoms with E-state index in [-0.39, 0.29) is 0 Å². The number of fused-ring (bicyclic) bond motifs is 2. The summed E-state index contributed by atoms with van der Waals surface area (Å²) in [4.78, 5) is 0. The molecule has 0 aromatic heterocycles. The van der Waals surface area contributed by atoms with E-state index in [0.717, 1.165) is 0 Å². The van der Waals surface area contributed by atoms with Crippen molar-refractivity contribution in [2.24, 2.45) is 0 Å². The van der Waals surface area contributed by atoms with Crippen molar-refractivity contribution < 1.29 is 0 Å². The molecule has 0 fully saturated rings. The molecular weight excluding hydrogens is 180 g/mol. The van der Waals surface area contributed by atoms with Crippen molar-refractivity contribution in [2.75, 3.05) is 0 Å². The average Bonchev–Trinajstić information content (AvgIpc) is 2.48. The first kappa shape index (κ1) is 8.49. The van der Waals surface area contributed by atoms with Gasteiger partial charge in [0.2, 0.25) is 0 Å². The number of rotatable bonds is 0. The van der Waals surface area contributed by atoms with E-state index in [4.69, 9.17) is 0 Å². The molecule has 70 valence electrons. The monoisotopic (exact) mass is 190 g/mol. The SMILES string of the molecule is [C]1c2ccccc2C=Cc2ccccc21. The molecule has 2 aromatic rings. The van der Waals surface area contributed by atoms with Crippen molar-refractivity contribution in [1.29, 1.82) is 0 Å². The van der Waals surface area contributed by atoms with E-state index in [0.29, 0.717) is 0 Å². The lowest BCUT2D eigenvalue weighted by molar-refractivity contribution is 1.42. The Kier molecular flexibility index (Phi) is 1.92. The maximum Gasteiger partial charge on any atom is 0.0514 e. The second-order valence-corrected chi connectivity index (χ2v) is 3.63. The highest BCUT2D eigenvalue weighted by atomic mass is 14.1. The highest BCUT2D eigenvalue weighted by molar-refractivity contribution is 5.77. The summed E-state index contributed by atoms with van der Waals surface area (Å²) in [6.45, 7) is 0. The fraction of sp³-hybridized carbons (Fsp3) is 0. The summed E-state index contributed by atoms with van der Waals surface area (Å²) in [5, 5.41) is 0. The predicted octanol–water partition coefficient (Wildman–Crippen LogP) is 3.65. The Labute approximate surface area is 89.9 Å². The Balaban J connectivity index is 2.19. The molecular formula is C15H10. The zero-order valence-electron chi connectivity index (χ0n) is 8.27. The predicted molar refractivity (Wildman–Crippen MR) is 63.3 cm³/mol. The zero-order chi connectivity index (χ0) is 10.1. The van der Waals surface area contributed by atoms with Crippen LogP contribution in [0, 0.1) is 6.42 Å². The van der Waals surface area contributed by atoms with E-state index in [1.807, 2.05) is 12.1 Å². The van der Waals surface area contributed by atoms with Gasteiger partial charge in [0, 0.05) is 0 Å². The third kappa shape index (κ3) is 1.48. The quantitative estimate of drug-likeness (QED) is 0.507. The highest BCUT2D eigenvalue weighted by Gasteiger charge is 2.08. The fourth-order valence-corrected chi connectivity index (χ4v) is 1.84. The molecule has 0 saturated heterocycles. The molecule has 0 unspecified atom stereocenters. The van der Waals surface area contributed by atoms with Crippen molar-refractivity contribution in [3.05, 3.63) is 77.2 Å². The molecule has 3 rings (SSSR count). The Morgan fingerprint density at radius 3 is 1.60 bits per heavy atom. The van der Waals surface area contributed by atoms with Crippen LogP contribution in [0.3, 0.4) is 0 Å². The summed E-state index contributed by atoms with van der Waals surface area (Å²) in [6, 6.07) is 16.6. The Morgan fingerprint density at radius 1 is 0.600 bits per heavy atom. The minimum atomic E-state index is 1.17. The van der Waals surface area contributed by atoms with Gasteiger partial charge in [-0.15, -0.1) is 0 Å². The first-order valence-electron chi connectivity index (χ1n) is 5.07. The minimum Gasteiger partial charge on any atom is -0.0619 e. The van der Waals surface area contributed by atoms with Crippen LogP contribution in [0.1, 0.15) is 22.3 Å². The molecule has 15 heavy (non-hydrogen) atoms. The molecule has 0 spiro atoms. The average molecular weight is 190 g/mol. The lowest BCUT2D eigenvalue weighted by Gasteiger charge is -2.03. The lowest BCUT2D eigenvalue weighted by Crippen LogP contribution is -1.88. The Hall–Kier alpha value is -1.82. The van der Waals surface area contributed by atoms with Crippen LogP contribution in [0.25, 0.3) is 12.2 Å². The Morgan fingerprint density at radius 2 is 1.07 bits per heavy atom. The second kappa shape index (κ2) is 3.39. The summed E-state index contributed by atoms with van der Waals surface area (Å²) in [6.07, 6.45) is 7.73. The number of hydrogen-bond acceptors (Lipinski definition) is 0. The van der Waals surface area contributed by atoms with E-state index in [2.05, 4.69) is 55.0 Å². The molecule has 0 N–H and O–H groups in total. The largest absolute Gasteiger partial charge is 0.0619 e. The molecule has 0 heteroatoms. The summed E-state index contributed by atoms with van der Waals surface area (Å²) in [7, 11) is 0. The zero-order valence-corrected chi connectivity index (χ0v) is 8.27. The number of benzene rings is 2. The number of hydrogen-bond donors (Lipinski definition) is 0. The first-order valence-corrected chi connectivity index (χ1v) is 5.07. The molecule has 0 saturated carbocycles. The first-order chi connectivity index (χ1) is 7.43. The van der Waals surface area contributed by atoms with Gasteiger partial charge >= 0.3 is 0 Å². The van der Waals surface area contributed by atoms with E-state index in [1.165, 1.54) is 22.3 Å². The molecule has 0 aliphatic heterocycles. The molecule has 1 aliphatic rings. The molecule has 0 bridgehead atoms. The lowest BCUT2D eigenvalue weighted by atomic mass is 10.0. The summed E-state index contributed by atoms with van der Waals surface area (Å²) < 4.78 is 0. The van der Waals surface area contributed by atoms with E-state index < -0.39 is 0 Å². The fourth-order valence-electron chi connectivity index (χ4n) is 1.84. The third-order valence-corrected chi connectivity index (χ3v) is 2.63. The second-order valence-electron chi connectivity index (χ2n) is 3.63. The van der Waals surface area contributed by atoms with Gasteiger partial charge in [-0.05, 0) is 22.3 Å². The third-order valence-electron chi connectivity index (χ3n) is 2.63. The molecule has 0 nitrogen and oxygen atoms in total. The van der Waals surface area contributed by atoms with Crippen LogP contribution in [0.4, 0.5) is 0 Å². The minimum absolute atomic E-state index is 1.17. The normalized spacial score (nSPS) is 12.8. The van der Waals surface area contributed by atoms with E-state index >= 15 is 0 Å². The molecule has 0 atom stereocenters. The highest BCUT2D eigenvalue weighted by Crippen LogP contribution is 2.25. The van der Waals surface area contributed by atoms with Crippen LogP contribution in [0.2, 0.25) is 0 Å². The van der Waals surface area contributed by atoms with Gasteiger partial charge in [0.1, 0.15) is 0 Å². The van der Waals surface area contributed by atoms with E-state index in [9.17, 15) is 0 Å². The summed E-state index contributed by atoms with van der Waals surface area (Å²) in [5.74, 6) is 0. The van der Waals surface area contributed by atoms with Gasteiger partial charge in [-0.1, -0.05) is 60.7 Å². The molecule has 1 aliphatic carbocycles. The van der Waals surface area contributed by atoms with Gasteiger partial charge in [0.25, 0.3) is 0 Å². The van der Waals surface area contributed by atoms with Gasteiger partial charge < -0.3 is 0 Å². The molecule has 2 aromatic carbocycles. The van der Waals surface area contributed by atoms with Crippen LogP contribution in [0.15, 0.2) is 48.5 Å². The summed E-state index contributed by atoms with van der Waals surface area (Å²) in [5.41, 5.74) is 4.79. The maximum absolute atomic E-state index is 3.44. The van der Waals surface area contributed by atoms with Crippen molar-refractivity contribution in [1.82, 2.24) is 0 Å². The van der Waals surface area contributed by atoms with Crippen LogP contribution in [-0.2, 0) is 0 Å². The van der Waals surface area contributed by atoms with Crippen molar-refractivity contribution in [3.8, 4) is 0 Å². The molecule has 0 heterocycles. The van der Waals surface area contributed by atoms with Gasteiger partial charge in [-0.25, -0.2) is 0 Å². The van der Waals surface area contributed by atoms with Crippen molar-refractivity contribution in [3.63, 3.8) is 0 Å². The van der Waals surface area contributed by atoms with Gasteiger partial charge in [0.05, 0.1) is 6.42 Å². The maximum atomic E-state index is 3.44. The van der Waals surface area contributed by atoms with Crippen LogP contribution in [0.5, 0.6) is 0 Å². The van der Waals surface area contributed by atoms with Gasteiger partial charge in [0.15, 0.2) is 0 Å². The molecule has 2 radical (unpaired) electrons. The van der Waals surface area contributed by atoms with Gasteiger partial charge in [-0.2, -0.15) is 0 Å². The van der Waals surface area contributed by atoms with Crippen LogP contribution < -0.4 is 0 Å². The smallest absolute Gasteiger partial charge is 0.0514 e. The van der Waals surface area contributed by atoms with Crippen LogP contribution in [-0.4, -0.2) is 0 Å². The molecule has 0 amide bonds. The van der Waals surface area contributed by atoms with Crippen molar-refractivity contribution in [2.45, 2.75) is 0 Å². The summed E-state index contributed by atoms with van der Waals surface area (Å²) >= 11 is 0. The van der Waals surface area contributed by atoms with Crippen molar-refractivity contribution >= 4 is 12.2 Å². The standard InChI is InChI=1S/C15H10/c1-3-7-14-11-15-8-4-2-6-13(15)10-9-12(14)5-1/h1-10H. The van der Waals surface area contributed by atoms with Crippen LogP contribution >= 0.6 is 0 Å². The van der Waals surface area contributed by atoms with Gasteiger partial charge in [-0.3, -0.25) is 0 Å². The Bertz CT molecular complexity index is 474. The topological polar surface area (TPSA) is 0 Å².